The van der Waals surface area contributed by atoms with E-state index in [4.69, 9.17) is 10.5 Å². The van der Waals surface area contributed by atoms with Gasteiger partial charge in [-0.1, -0.05) is 12.1 Å². The summed E-state index contributed by atoms with van der Waals surface area (Å²) in [6.07, 6.45) is 4.06. The van der Waals surface area contributed by atoms with Gasteiger partial charge in [0.2, 0.25) is 0 Å². The van der Waals surface area contributed by atoms with E-state index in [0.717, 1.165) is 25.3 Å². The minimum atomic E-state index is -0.202. The van der Waals surface area contributed by atoms with Crippen LogP contribution >= 0.6 is 0 Å². The Bertz CT molecular complexity index is 452. The Balaban J connectivity index is 1.73. The molecule has 0 spiro atoms. The van der Waals surface area contributed by atoms with Gasteiger partial charge in [0, 0.05) is 31.2 Å². The van der Waals surface area contributed by atoms with Crippen molar-refractivity contribution in [3.63, 3.8) is 0 Å². The lowest BCUT2D eigenvalue weighted by atomic mass is 10.1. The number of nitrogens with zero attached hydrogens (tertiary/aromatic N) is 1. The van der Waals surface area contributed by atoms with Crippen LogP contribution in [0, 0.1) is 5.82 Å². The van der Waals surface area contributed by atoms with Crippen LogP contribution in [-0.4, -0.2) is 30.2 Å². The molecule has 2 unspecified atom stereocenters. The van der Waals surface area contributed by atoms with Gasteiger partial charge >= 0.3 is 0 Å². The van der Waals surface area contributed by atoms with Crippen LogP contribution in [0.1, 0.15) is 30.4 Å². The summed E-state index contributed by atoms with van der Waals surface area (Å²) in [7, 11) is 0. The maximum absolute atomic E-state index is 13.4. The predicted octanol–water partition coefficient (Wildman–Crippen LogP) is 2.04. The summed E-state index contributed by atoms with van der Waals surface area (Å²) in [6.45, 7) is 2.91. The Hall–Kier alpha value is -0.970. The van der Waals surface area contributed by atoms with Crippen LogP contribution in [0.15, 0.2) is 18.2 Å². The SMILES string of the molecule is NCc1cc(CN2CCOC3CCCC32)ccc1F. The first-order chi connectivity index (χ1) is 9.28. The number of nitrogens with two attached hydrogens (primary N) is 1. The van der Waals surface area contributed by atoms with Crippen molar-refractivity contribution < 1.29 is 9.13 Å². The quantitative estimate of drug-likeness (QED) is 0.908. The molecule has 4 heteroatoms. The van der Waals surface area contributed by atoms with Gasteiger partial charge in [0.15, 0.2) is 0 Å². The highest BCUT2D eigenvalue weighted by Gasteiger charge is 2.35. The number of ether oxygens (including phenoxy) is 1. The van der Waals surface area contributed by atoms with E-state index in [1.54, 1.807) is 0 Å². The summed E-state index contributed by atoms with van der Waals surface area (Å²) in [5.41, 5.74) is 7.32. The third-order valence-electron chi connectivity index (χ3n) is 4.31. The first-order valence-corrected chi connectivity index (χ1v) is 7.11. The van der Waals surface area contributed by atoms with Crippen molar-refractivity contribution >= 4 is 0 Å². The van der Waals surface area contributed by atoms with Crippen LogP contribution < -0.4 is 5.73 Å². The second-order valence-electron chi connectivity index (χ2n) is 5.51. The molecule has 0 bridgehead atoms. The van der Waals surface area contributed by atoms with Crippen molar-refractivity contribution in [1.82, 2.24) is 4.90 Å². The van der Waals surface area contributed by atoms with Crippen LogP contribution in [0.4, 0.5) is 4.39 Å². The van der Waals surface area contributed by atoms with Crippen LogP contribution in [0.3, 0.4) is 0 Å². The zero-order valence-corrected chi connectivity index (χ0v) is 11.1. The van der Waals surface area contributed by atoms with Gasteiger partial charge in [-0.25, -0.2) is 4.39 Å². The van der Waals surface area contributed by atoms with E-state index in [1.807, 2.05) is 12.1 Å². The van der Waals surface area contributed by atoms with E-state index in [-0.39, 0.29) is 12.4 Å². The van der Waals surface area contributed by atoms with Crippen molar-refractivity contribution in [1.29, 1.82) is 0 Å². The summed E-state index contributed by atoms with van der Waals surface area (Å²) < 4.78 is 19.3. The zero-order valence-electron chi connectivity index (χ0n) is 11.1. The molecule has 1 aliphatic carbocycles. The maximum Gasteiger partial charge on any atom is 0.127 e. The number of benzene rings is 1. The van der Waals surface area contributed by atoms with Gasteiger partial charge in [0.1, 0.15) is 5.82 Å². The van der Waals surface area contributed by atoms with E-state index < -0.39 is 0 Å². The van der Waals surface area contributed by atoms with Crippen molar-refractivity contribution in [3.05, 3.63) is 35.1 Å². The molecule has 2 N–H and O–H groups in total. The first-order valence-electron chi connectivity index (χ1n) is 7.11. The Labute approximate surface area is 113 Å². The van der Waals surface area contributed by atoms with Gasteiger partial charge in [-0.3, -0.25) is 4.90 Å². The third kappa shape index (κ3) is 2.66. The molecule has 104 valence electrons. The lowest BCUT2D eigenvalue weighted by Gasteiger charge is -2.37. The van der Waals surface area contributed by atoms with Gasteiger partial charge in [-0.2, -0.15) is 0 Å². The molecular weight excluding hydrogens is 243 g/mol. The number of hydrogen-bond donors (Lipinski definition) is 1. The molecule has 0 aromatic heterocycles. The molecular formula is C15H21FN2O. The minimum absolute atomic E-state index is 0.202. The maximum atomic E-state index is 13.4. The molecule has 3 nitrogen and oxygen atoms in total. The van der Waals surface area contributed by atoms with Gasteiger partial charge in [-0.05, 0) is 30.9 Å². The first kappa shape index (κ1) is 13.0. The molecule has 0 radical (unpaired) electrons. The second kappa shape index (κ2) is 5.57. The fraction of sp³-hybridized carbons (Fsp3) is 0.600. The zero-order chi connectivity index (χ0) is 13.2. The summed E-state index contributed by atoms with van der Waals surface area (Å²) >= 11 is 0. The topological polar surface area (TPSA) is 38.5 Å². The molecule has 2 fully saturated rings. The molecule has 1 aliphatic heterocycles. The highest BCUT2D eigenvalue weighted by Crippen LogP contribution is 2.30. The summed E-state index contributed by atoms with van der Waals surface area (Å²) in [5.74, 6) is -0.202. The third-order valence-corrected chi connectivity index (χ3v) is 4.31. The van der Waals surface area contributed by atoms with E-state index in [9.17, 15) is 4.39 Å². The van der Waals surface area contributed by atoms with E-state index >= 15 is 0 Å². The molecule has 2 aliphatic rings. The van der Waals surface area contributed by atoms with Gasteiger partial charge in [0.25, 0.3) is 0 Å². The molecule has 2 atom stereocenters. The van der Waals surface area contributed by atoms with Crippen LogP contribution in [0.5, 0.6) is 0 Å². The van der Waals surface area contributed by atoms with E-state index in [2.05, 4.69) is 4.90 Å². The molecule has 3 rings (SSSR count). The van der Waals surface area contributed by atoms with Crippen LogP contribution in [0.2, 0.25) is 0 Å². The van der Waals surface area contributed by atoms with Crippen molar-refractivity contribution in [2.45, 2.75) is 44.5 Å². The standard InChI is InChI=1S/C15H21FN2O/c16-13-5-4-11(8-12(13)9-17)10-18-6-7-19-15-3-1-2-14(15)18/h4-5,8,14-15H,1-3,6-7,9-10,17H2. The second-order valence-corrected chi connectivity index (χ2v) is 5.51. The van der Waals surface area contributed by atoms with Crippen LogP contribution in [0.25, 0.3) is 0 Å². The molecule has 1 saturated heterocycles. The lowest BCUT2D eigenvalue weighted by Crippen LogP contribution is -2.47. The average Bonchev–Trinajstić information content (AvgIpc) is 2.90. The van der Waals surface area contributed by atoms with Gasteiger partial charge < -0.3 is 10.5 Å². The Kier molecular flexibility index (Phi) is 3.82. The smallest absolute Gasteiger partial charge is 0.127 e. The van der Waals surface area contributed by atoms with Crippen molar-refractivity contribution in [2.24, 2.45) is 5.73 Å². The van der Waals surface area contributed by atoms with Crippen molar-refractivity contribution in [2.75, 3.05) is 13.2 Å². The molecule has 19 heavy (non-hydrogen) atoms. The minimum Gasteiger partial charge on any atom is -0.375 e. The van der Waals surface area contributed by atoms with E-state index in [0.29, 0.717) is 17.7 Å². The predicted molar refractivity (Wildman–Crippen MR) is 72.1 cm³/mol. The average molecular weight is 264 g/mol. The van der Waals surface area contributed by atoms with Gasteiger partial charge in [0.05, 0.1) is 12.7 Å². The fourth-order valence-corrected chi connectivity index (χ4v) is 3.32. The largest absolute Gasteiger partial charge is 0.375 e. The highest BCUT2D eigenvalue weighted by molar-refractivity contribution is 5.25. The Morgan fingerprint density at radius 1 is 1.37 bits per heavy atom. The number of rotatable bonds is 3. The molecule has 1 heterocycles. The molecule has 0 amide bonds. The normalized spacial score (nSPS) is 27.5. The van der Waals surface area contributed by atoms with Gasteiger partial charge in [-0.15, -0.1) is 0 Å². The highest BCUT2D eigenvalue weighted by atomic mass is 19.1. The molecule has 1 saturated carbocycles. The monoisotopic (exact) mass is 264 g/mol. The van der Waals surface area contributed by atoms with E-state index in [1.165, 1.54) is 25.3 Å². The summed E-state index contributed by atoms with van der Waals surface area (Å²) in [4.78, 5) is 2.48. The number of hydrogen-bond acceptors (Lipinski definition) is 3. The summed E-state index contributed by atoms with van der Waals surface area (Å²) in [6, 6.07) is 5.84. The lowest BCUT2D eigenvalue weighted by molar-refractivity contribution is -0.0588. The number of morpholine rings is 1. The number of halogens is 1. The van der Waals surface area contributed by atoms with Crippen molar-refractivity contribution in [3.8, 4) is 0 Å². The fourth-order valence-electron chi connectivity index (χ4n) is 3.32. The summed E-state index contributed by atoms with van der Waals surface area (Å²) in [5, 5.41) is 0. The number of fused-ring (bicyclic) bond motifs is 1. The Morgan fingerprint density at radius 2 is 2.26 bits per heavy atom. The molecule has 1 aromatic carbocycles. The molecule has 1 aromatic rings. The van der Waals surface area contributed by atoms with Crippen LogP contribution in [-0.2, 0) is 17.8 Å². The Morgan fingerprint density at radius 3 is 3.11 bits per heavy atom.